The van der Waals surface area contributed by atoms with E-state index in [-0.39, 0.29) is 24.8 Å². The third-order valence-electron chi connectivity index (χ3n) is 5.79. The molecule has 1 atom stereocenters. The quantitative estimate of drug-likeness (QED) is 0.264. The van der Waals surface area contributed by atoms with Gasteiger partial charge in [-0.3, -0.25) is 0 Å². The minimum atomic E-state index is -2.17. The molecule has 0 spiro atoms. The summed E-state index contributed by atoms with van der Waals surface area (Å²) in [5.41, 5.74) is 4.54. The van der Waals surface area contributed by atoms with Crippen LogP contribution in [-0.2, 0) is 25.7 Å². The van der Waals surface area contributed by atoms with Crippen molar-refractivity contribution in [2.24, 2.45) is 5.92 Å². The molecule has 1 rings (SSSR count). The Kier molecular flexibility index (Phi) is 17.1. The van der Waals surface area contributed by atoms with Gasteiger partial charge in [0, 0.05) is 0 Å². The van der Waals surface area contributed by atoms with Gasteiger partial charge in [-0.2, -0.15) is 0 Å². The number of carbonyl (C=O) groups is 1. The van der Waals surface area contributed by atoms with Crippen LogP contribution in [0.2, 0.25) is 13.1 Å². The Hall–Kier alpha value is 0.617. The van der Waals surface area contributed by atoms with Gasteiger partial charge in [0.1, 0.15) is 0 Å². The zero-order chi connectivity index (χ0) is 19.0. The summed E-state index contributed by atoms with van der Waals surface area (Å²) in [6.45, 7) is 16.3. The Balaban J connectivity index is 0. The second-order valence-corrected chi connectivity index (χ2v) is 33.3. The van der Waals surface area contributed by atoms with Crippen molar-refractivity contribution in [1.82, 2.24) is 3.30 Å². The van der Waals surface area contributed by atoms with Gasteiger partial charge in [0.2, 0.25) is 0 Å². The Morgan fingerprint density at radius 3 is 1.93 bits per heavy atom. The van der Waals surface area contributed by atoms with Gasteiger partial charge in [-0.15, -0.1) is 0 Å². The molecule has 6 heteroatoms. The van der Waals surface area contributed by atoms with Gasteiger partial charge in [0.15, 0.2) is 0 Å². The summed E-state index contributed by atoms with van der Waals surface area (Å²) in [7, 11) is 0. The first kappa shape index (κ1) is 29.8. The second-order valence-electron chi connectivity index (χ2n) is 8.06. The molecule has 0 saturated heterocycles. The van der Waals surface area contributed by atoms with Crippen molar-refractivity contribution in [1.29, 1.82) is 0 Å². The molecule has 1 amide bonds. The van der Waals surface area contributed by atoms with Gasteiger partial charge >= 0.3 is 166 Å². The Labute approximate surface area is 189 Å². The fourth-order valence-electron chi connectivity index (χ4n) is 3.78. The molecule has 0 heterocycles. The molecular weight excluding hydrogens is 560 g/mol. The van der Waals surface area contributed by atoms with E-state index in [9.17, 15) is 4.79 Å². The van der Waals surface area contributed by atoms with Crippen LogP contribution in [0.15, 0.2) is 20.0 Å². The van der Waals surface area contributed by atoms with Gasteiger partial charge in [-0.05, 0) is 0 Å². The molecule has 157 valence electrons. The molecule has 0 aromatic carbocycles. The molecule has 0 aliphatic heterocycles. The van der Waals surface area contributed by atoms with Crippen LogP contribution >= 0.6 is 0 Å². The van der Waals surface area contributed by atoms with E-state index in [4.69, 9.17) is 0 Å². The number of allylic oxidation sites excluding steroid dienone is 4. The predicted molar refractivity (Wildman–Crippen MR) is 110 cm³/mol. The van der Waals surface area contributed by atoms with Crippen molar-refractivity contribution in [3.05, 3.63) is 20.0 Å². The van der Waals surface area contributed by atoms with E-state index >= 15 is 0 Å². The summed E-state index contributed by atoms with van der Waals surface area (Å²) in [5, 5.41) is 0. The molecule has 27 heavy (non-hydrogen) atoms. The fraction of sp³-hybridized carbons (Fsp3) is 0.762. The monoisotopic (exact) mass is 600 g/mol. The van der Waals surface area contributed by atoms with Crippen molar-refractivity contribution >= 4 is 11.9 Å². The summed E-state index contributed by atoms with van der Waals surface area (Å²) < 4.78 is 5.33. The number of hydrogen-bond donors (Lipinski definition) is 1. The van der Waals surface area contributed by atoms with E-state index < -0.39 is 26.9 Å². The van der Waals surface area contributed by atoms with E-state index in [2.05, 4.69) is 51.0 Å². The number of amides is 1. The third-order valence-corrected chi connectivity index (χ3v) is 30.1. The van der Waals surface area contributed by atoms with Crippen molar-refractivity contribution in [2.75, 3.05) is 0 Å². The van der Waals surface area contributed by atoms with Crippen molar-refractivity contribution in [3.63, 3.8) is 0 Å². The van der Waals surface area contributed by atoms with Crippen LogP contribution in [0.3, 0.4) is 0 Å². The van der Waals surface area contributed by atoms with Gasteiger partial charge in [0.25, 0.3) is 0 Å². The van der Waals surface area contributed by atoms with E-state index in [1.807, 2.05) is 0 Å². The average Bonchev–Trinajstić information content (AvgIpc) is 2.75. The zero-order valence-electron chi connectivity index (χ0n) is 18.5. The van der Waals surface area contributed by atoms with Gasteiger partial charge in [0.05, 0.1) is 0 Å². The Bertz CT molecular complexity index is 520. The first-order valence-corrected chi connectivity index (χ1v) is 23.1. The van der Waals surface area contributed by atoms with E-state index in [1.165, 1.54) is 55.2 Å². The molecule has 0 aromatic heterocycles. The molecule has 0 radical (unpaired) electrons. The largest absolute Gasteiger partial charge is 1.00 e. The van der Waals surface area contributed by atoms with Crippen molar-refractivity contribution in [2.45, 2.75) is 99.1 Å². The molecule has 0 fully saturated rings. The molecular formula is C21H40Cl2HfNOSi. The van der Waals surface area contributed by atoms with Gasteiger partial charge < -0.3 is 24.8 Å². The van der Waals surface area contributed by atoms with Crippen LogP contribution < -0.4 is 28.1 Å². The van der Waals surface area contributed by atoms with Crippen molar-refractivity contribution < 1.29 is 50.5 Å². The topological polar surface area (TPSA) is 29.1 Å². The maximum atomic E-state index is 12.6. The maximum Gasteiger partial charge on any atom is -1.00 e. The summed E-state index contributed by atoms with van der Waals surface area (Å²) in [6.07, 6.45) is 9.68. The van der Waals surface area contributed by atoms with Crippen molar-refractivity contribution in [3.8, 4) is 0 Å². The maximum absolute atomic E-state index is 12.6. The molecule has 1 aliphatic carbocycles. The standard InChI is InChI=1S/C10H21NO.C9H13.C2H7Si.2ClH.Hf/c1-2-3-4-5-6-7-8-9-10(11)12;1-6-5-7(2)9(4)8(6)3;1-3-2;;;/h2-9H2,1H3,(H2,11,12);6H,1-4H3;3H,1-2H3;2*1H;/q;;;;;+3/p-3. The second kappa shape index (κ2) is 15.5. The SMILES string of the molecule is CCCCCCCCCC(=O)[NH][Hf+2]([C]1=C(C)C(C)=C(C)C1C)[SiH](C)C.[Cl-].[Cl-]. The molecule has 0 saturated carbocycles. The molecule has 2 nitrogen and oxygen atoms in total. The molecule has 1 aliphatic rings. The normalized spacial score (nSPS) is 16.4. The molecule has 1 N–H and O–H groups in total. The van der Waals surface area contributed by atoms with Crippen LogP contribution in [0.1, 0.15) is 86.0 Å². The van der Waals surface area contributed by atoms with Crippen LogP contribution in [0.5, 0.6) is 0 Å². The minimum Gasteiger partial charge on any atom is -1.00 e. The number of nitrogens with one attached hydrogen (secondary N) is 1. The van der Waals surface area contributed by atoms with Gasteiger partial charge in [-0.1, -0.05) is 0 Å². The van der Waals surface area contributed by atoms with Crippen LogP contribution in [-0.4, -0.2) is 11.9 Å². The Morgan fingerprint density at radius 1 is 0.963 bits per heavy atom. The Morgan fingerprint density at radius 2 is 1.48 bits per heavy atom. The summed E-state index contributed by atoms with van der Waals surface area (Å²) >= 11 is -2.17. The van der Waals surface area contributed by atoms with E-state index in [1.54, 1.807) is 3.33 Å². The fourth-order valence-corrected chi connectivity index (χ4v) is 26.2. The van der Waals surface area contributed by atoms with Crippen LogP contribution in [0, 0.1) is 5.92 Å². The first-order valence-electron chi connectivity index (χ1n) is 10.4. The number of carbonyl (C=O) groups excluding carboxylic acids is 1. The number of hydrogen-bond acceptors (Lipinski definition) is 1. The molecule has 1 unspecified atom stereocenters. The van der Waals surface area contributed by atoms with E-state index in [0.717, 1.165) is 12.8 Å². The van der Waals surface area contributed by atoms with Crippen LogP contribution in [0.4, 0.5) is 0 Å². The smallest absolute Gasteiger partial charge is 1.00 e. The minimum absolute atomic E-state index is 0. The van der Waals surface area contributed by atoms with E-state index in [0.29, 0.717) is 11.8 Å². The average molecular weight is 600 g/mol. The zero-order valence-corrected chi connectivity index (χ0v) is 24.7. The number of unbranched alkanes of at least 4 members (excludes halogenated alkanes) is 6. The molecule has 0 bridgehead atoms. The third kappa shape index (κ3) is 9.31. The summed E-state index contributed by atoms with van der Waals surface area (Å²) in [4.78, 5) is 12.6. The predicted octanol–water partition coefficient (Wildman–Crippen LogP) is 0.0280. The first-order chi connectivity index (χ1) is 11.8. The van der Waals surface area contributed by atoms with Crippen LogP contribution in [0.25, 0.3) is 0 Å². The van der Waals surface area contributed by atoms with Gasteiger partial charge in [-0.25, -0.2) is 0 Å². The summed E-state index contributed by atoms with van der Waals surface area (Å²) in [6, 6.07) is 0. The number of rotatable bonds is 11. The molecule has 0 aromatic rings. The number of halogens is 2. The summed E-state index contributed by atoms with van der Waals surface area (Å²) in [5.74, 6) is 0.143.